The Labute approximate surface area is 85.0 Å². The summed E-state index contributed by atoms with van der Waals surface area (Å²) >= 11 is 2.90. The van der Waals surface area contributed by atoms with E-state index in [1.165, 1.54) is 0 Å². The number of carbonyl (C=O) groups is 2. The maximum absolute atomic E-state index is 10.9. The Morgan fingerprint density at radius 3 is 2.23 bits per heavy atom. The first-order valence-corrected chi connectivity index (χ1v) is 4.62. The third-order valence-corrected chi connectivity index (χ3v) is 1.55. The average molecular weight is 251 g/mol. The number of rotatable bonds is 4. The van der Waals surface area contributed by atoms with Crippen molar-refractivity contribution in [3.8, 4) is 0 Å². The Morgan fingerprint density at radius 1 is 1.23 bits per heavy atom. The van der Waals surface area contributed by atoms with E-state index in [0.717, 1.165) is 6.08 Å². The molecule has 0 aromatic rings. The van der Waals surface area contributed by atoms with Gasteiger partial charge in [0.1, 0.15) is 4.48 Å². The lowest BCUT2D eigenvalue weighted by Gasteiger charge is -1.99. The van der Waals surface area contributed by atoms with E-state index >= 15 is 0 Å². The van der Waals surface area contributed by atoms with Crippen molar-refractivity contribution in [3.63, 3.8) is 0 Å². The van der Waals surface area contributed by atoms with Crippen molar-refractivity contribution < 1.29 is 19.1 Å². The monoisotopic (exact) mass is 250 g/mol. The summed E-state index contributed by atoms with van der Waals surface area (Å²) in [6.45, 7) is 3.91. The van der Waals surface area contributed by atoms with E-state index in [4.69, 9.17) is 0 Å². The van der Waals surface area contributed by atoms with Crippen LogP contribution in [-0.2, 0) is 19.1 Å². The summed E-state index contributed by atoms with van der Waals surface area (Å²) < 4.78 is 9.27. The van der Waals surface area contributed by atoms with Crippen LogP contribution in [0.3, 0.4) is 0 Å². The lowest BCUT2D eigenvalue weighted by Crippen LogP contribution is -2.07. The predicted molar refractivity (Wildman–Crippen MR) is 50.3 cm³/mol. The van der Waals surface area contributed by atoms with Crippen molar-refractivity contribution in [1.29, 1.82) is 0 Å². The summed E-state index contributed by atoms with van der Waals surface area (Å²) in [6.07, 6.45) is 1.04. The van der Waals surface area contributed by atoms with Crippen LogP contribution >= 0.6 is 15.9 Å². The van der Waals surface area contributed by atoms with Crippen LogP contribution in [0.1, 0.15) is 13.8 Å². The van der Waals surface area contributed by atoms with E-state index in [9.17, 15) is 9.59 Å². The van der Waals surface area contributed by atoms with Crippen molar-refractivity contribution in [3.05, 3.63) is 10.6 Å². The number of halogens is 1. The number of carbonyl (C=O) groups excluding carboxylic acids is 2. The number of esters is 2. The molecule has 0 spiro atoms. The molecule has 0 aromatic heterocycles. The third-order valence-electron chi connectivity index (χ3n) is 1.00. The summed E-state index contributed by atoms with van der Waals surface area (Å²) in [5, 5.41) is 0. The Hall–Kier alpha value is -0.840. The smallest absolute Gasteiger partial charge is 0.345 e. The molecule has 0 N–H and O–H groups in total. The van der Waals surface area contributed by atoms with Gasteiger partial charge in [0.05, 0.1) is 13.2 Å². The van der Waals surface area contributed by atoms with Gasteiger partial charge in [-0.3, -0.25) is 0 Å². The van der Waals surface area contributed by atoms with E-state index in [2.05, 4.69) is 25.4 Å². The van der Waals surface area contributed by atoms with Gasteiger partial charge < -0.3 is 9.47 Å². The standard InChI is InChI=1S/C8H11BrO4/c1-3-12-7(10)5-6(9)8(11)13-4-2/h5H,3-4H2,1-2H3/b6-5-. The molecule has 5 heteroatoms. The van der Waals surface area contributed by atoms with Crippen molar-refractivity contribution in [2.45, 2.75) is 13.8 Å². The van der Waals surface area contributed by atoms with E-state index in [1.54, 1.807) is 13.8 Å². The molecule has 0 radical (unpaired) electrons. The predicted octanol–water partition coefficient (Wildman–Crippen LogP) is 1.39. The quantitative estimate of drug-likeness (QED) is 0.559. The fraction of sp³-hybridized carbons (Fsp3) is 0.500. The van der Waals surface area contributed by atoms with Crippen LogP contribution in [0.5, 0.6) is 0 Å². The first-order chi connectivity index (χ1) is 6.11. The molecule has 0 fully saturated rings. The molecule has 0 aliphatic heterocycles. The summed E-state index contributed by atoms with van der Waals surface area (Å²) in [6, 6.07) is 0. The fourth-order valence-corrected chi connectivity index (χ4v) is 0.848. The molecule has 0 amide bonds. The molecule has 0 heterocycles. The maximum Gasteiger partial charge on any atom is 0.345 e. The Bertz CT molecular complexity index is 222. The van der Waals surface area contributed by atoms with Crippen molar-refractivity contribution in [2.24, 2.45) is 0 Å². The van der Waals surface area contributed by atoms with Crippen LogP contribution in [-0.4, -0.2) is 25.2 Å². The van der Waals surface area contributed by atoms with E-state index < -0.39 is 11.9 Å². The fourth-order valence-electron chi connectivity index (χ4n) is 0.546. The highest BCUT2D eigenvalue weighted by atomic mass is 79.9. The molecule has 0 unspecified atom stereocenters. The molecule has 0 atom stereocenters. The molecule has 0 rings (SSSR count). The summed E-state index contributed by atoms with van der Waals surface area (Å²) in [5.74, 6) is -1.14. The van der Waals surface area contributed by atoms with Gasteiger partial charge in [-0.15, -0.1) is 0 Å². The van der Waals surface area contributed by atoms with Gasteiger partial charge in [-0.2, -0.15) is 0 Å². The minimum absolute atomic E-state index is 0.0628. The topological polar surface area (TPSA) is 52.6 Å². The maximum atomic E-state index is 10.9. The van der Waals surface area contributed by atoms with Gasteiger partial charge in [0, 0.05) is 6.08 Å². The molecule has 0 aliphatic carbocycles. The molecule has 0 saturated heterocycles. The average Bonchev–Trinajstić information content (AvgIpc) is 2.05. The highest BCUT2D eigenvalue weighted by Gasteiger charge is 2.08. The first kappa shape index (κ1) is 12.2. The molecule has 4 nitrogen and oxygen atoms in total. The Kier molecular flexibility index (Phi) is 6.22. The molecule has 0 aromatic carbocycles. The lowest BCUT2D eigenvalue weighted by molar-refractivity contribution is -0.140. The van der Waals surface area contributed by atoms with Crippen molar-refractivity contribution in [1.82, 2.24) is 0 Å². The van der Waals surface area contributed by atoms with Gasteiger partial charge in [-0.1, -0.05) is 0 Å². The highest BCUT2D eigenvalue weighted by molar-refractivity contribution is 9.12. The lowest BCUT2D eigenvalue weighted by atomic mass is 10.5. The molecule has 13 heavy (non-hydrogen) atoms. The van der Waals surface area contributed by atoms with Gasteiger partial charge >= 0.3 is 11.9 Å². The normalized spacial score (nSPS) is 10.8. The Balaban J connectivity index is 4.14. The molecule has 0 saturated carbocycles. The zero-order chi connectivity index (χ0) is 10.3. The number of hydrogen-bond donors (Lipinski definition) is 0. The van der Waals surface area contributed by atoms with Gasteiger partial charge in [0.25, 0.3) is 0 Å². The van der Waals surface area contributed by atoms with Crippen LogP contribution in [0.2, 0.25) is 0 Å². The summed E-state index contributed by atoms with van der Waals surface area (Å²) in [4.78, 5) is 21.8. The second kappa shape index (κ2) is 6.65. The number of hydrogen-bond acceptors (Lipinski definition) is 4. The largest absolute Gasteiger partial charge is 0.463 e. The third kappa shape index (κ3) is 5.41. The van der Waals surface area contributed by atoms with Crippen LogP contribution in [0.15, 0.2) is 10.6 Å². The first-order valence-electron chi connectivity index (χ1n) is 3.82. The van der Waals surface area contributed by atoms with Crippen LogP contribution in [0, 0.1) is 0 Å². The van der Waals surface area contributed by atoms with Gasteiger partial charge in [-0.25, -0.2) is 9.59 Å². The van der Waals surface area contributed by atoms with Crippen molar-refractivity contribution in [2.75, 3.05) is 13.2 Å². The summed E-state index contributed by atoms with van der Waals surface area (Å²) in [7, 11) is 0. The highest BCUT2D eigenvalue weighted by Crippen LogP contribution is 2.07. The molecule has 0 aliphatic rings. The minimum Gasteiger partial charge on any atom is -0.463 e. The molecular weight excluding hydrogens is 240 g/mol. The molecule has 74 valence electrons. The van der Waals surface area contributed by atoms with E-state index in [-0.39, 0.29) is 17.7 Å². The van der Waals surface area contributed by atoms with Gasteiger partial charge in [0.2, 0.25) is 0 Å². The van der Waals surface area contributed by atoms with Crippen LogP contribution in [0.25, 0.3) is 0 Å². The van der Waals surface area contributed by atoms with E-state index in [1.807, 2.05) is 0 Å². The van der Waals surface area contributed by atoms with Gasteiger partial charge in [0.15, 0.2) is 0 Å². The molecular formula is C8H11BrO4. The number of ether oxygens (including phenoxy) is 2. The van der Waals surface area contributed by atoms with E-state index in [0.29, 0.717) is 0 Å². The summed E-state index contributed by atoms with van der Waals surface area (Å²) in [5.41, 5.74) is 0. The SMILES string of the molecule is CCOC(=O)/C=C(\Br)C(=O)OCC. The van der Waals surface area contributed by atoms with Crippen LogP contribution in [0.4, 0.5) is 0 Å². The zero-order valence-electron chi connectivity index (χ0n) is 7.50. The Morgan fingerprint density at radius 2 is 1.77 bits per heavy atom. The zero-order valence-corrected chi connectivity index (χ0v) is 9.09. The minimum atomic E-state index is -0.574. The van der Waals surface area contributed by atoms with Crippen LogP contribution < -0.4 is 0 Å². The molecule has 0 bridgehead atoms. The van der Waals surface area contributed by atoms with Crippen molar-refractivity contribution >= 4 is 27.9 Å². The van der Waals surface area contributed by atoms with Gasteiger partial charge in [-0.05, 0) is 29.8 Å². The second-order valence-corrected chi connectivity index (χ2v) is 2.82. The second-order valence-electron chi connectivity index (χ2n) is 1.96.